The van der Waals surface area contributed by atoms with Crippen LogP contribution < -0.4 is 0 Å². The van der Waals surface area contributed by atoms with Crippen molar-refractivity contribution in [1.29, 1.82) is 0 Å². The molecule has 1 N–H and O–H groups in total. The molecule has 0 heterocycles. The van der Waals surface area contributed by atoms with E-state index in [1.807, 2.05) is 21.1 Å². The quantitative estimate of drug-likeness (QED) is 0.0214. The first-order chi connectivity index (χ1) is 27.5. The van der Waals surface area contributed by atoms with Crippen molar-refractivity contribution in [2.45, 2.75) is 180 Å². The predicted molar refractivity (Wildman–Crippen MR) is 238 cm³/mol. The van der Waals surface area contributed by atoms with Gasteiger partial charge >= 0.3 is 19.8 Å². The number of allylic oxidation sites excluding steroid dienone is 10. The first-order valence-corrected chi connectivity index (χ1v) is 24.0. The number of phosphoric ester groups is 1. The van der Waals surface area contributed by atoms with Crippen molar-refractivity contribution < 1.29 is 42.1 Å². The summed E-state index contributed by atoms with van der Waals surface area (Å²) in [7, 11) is 1.46. The number of phosphoric acid groups is 1. The van der Waals surface area contributed by atoms with Gasteiger partial charge in [0, 0.05) is 12.8 Å². The number of unbranched alkanes of at least 4 members (excludes halogenated alkanes) is 16. The highest BCUT2D eigenvalue weighted by Gasteiger charge is 2.27. The number of quaternary nitrogens is 1. The zero-order valence-corrected chi connectivity index (χ0v) is 38.0. The van der Waals surface area contributed by atoms with Crippen LogP contribution in [-0.2, 0) is 32.7 Å². The Hall–Kier alpha value is -2.29. The van der Waals surface area contributed by atoms with Crippen molar-refractivity contribution in [3.8, 4) is 0 Å². The third-order valence-corrected chi connectivity index (χ3v) is 10.3. The van der Waals surface area contributed by atoms with Crippen LogP contribution in [0.1, 0.15) is 174 Å². The van der Waals surface area contributed by atoms with Gasteiger partial charge in [0.2, 0.25) is 0 Å². The van der Waals surface area contributed by atoms with Gasteiger partial charge in [-0.3, -0.25) is 18.6 Å². The number of likely N-dealkylation sites (N-methyl/N-ethyl adjacent to an activating group) is 1. The molecular formula is C47H85NO8P+. The minimum Gasteiger partial charge on any atom is -0.462 e. The van der Waals surface area contributed by atoms with Crippen LogP contribution in [0.25, 0.3) is 0 Å². The maximum Gasteiger partial charge on any atom is 0.472 e. The average Bonchev–Trinajstić information content (AvgIpc) is 3.16. The van der Waals surface area contributed by atoms with E-state index in [1.54, 1.807) is 0 Å². The molecule has 9 nitrogen and oxygen atoms in total. The molecule has 2 unspecified atom stereocenters. The second-order valence-electron chi connectivity index (χ2n) is 16.1. The fourth-order valence-electron chi connectivity index (χ4n) is 5.80. The van der Waals surface area contributed by atoms with Crippen molar-refractivity contribution in [3.05, 3.63) is 60.8 Å². The first-order valence-electron chi connectivity index (χ1n) is 22.5. The first kappa shape index (κ1) is 54.7. The summed E-state index contributed by atoms with van der Waals surface area (Å²) in [4.78, 5) is 35.4. The third-order valence-electron chi connectivity index (χ3n) is 9.31. The Bertz CT molecular complexity index is 1160. The molecule has 0 fully saturated rings. The van der Waals surface area contributed by atoms with Gasteiger partial charge in [-0.2, -0.15) is 0 Å². The Morgan fingerprint density at radius 1 is 0.561 bits per heavy atom. The highest BCUT2D eigenvalue weighted by atomic mass is 31.2. The number of nitrogens with zero attached hydrogens (tertiary/aromatic N) is 1. The molecule has 0 rings (SSSR count). The van der Waals surface area contributed by atoms with E-state index in [4.69, 9.17) is 18.5 Å². The average molecular weight is 823 g/mol. The number of hydrogen-bond acceptors (Lipinski definition) is 7. The lowest BCUT2D eigenvalue weighted by atomic mass is 10.0. The second kappa shape index (κ2) is 39.2. The molecule has 0 aliphatic rings. The Labute approximate surface area is 349 Å². The number of esters is 2. The molecule has 0 aliphatic heterocycles. The number of hydrogen-bond donors (Lipinski definition) is 1. The van der Waals surface area contributed by atoms with E-state index in [9.17, 15) is 19.0 Å². The van der Waals surface area contributed by atoms with Gasteiger partial charge in [-0.25, -0.2) is 4.57 Å². The Balaban J connectivity index is 4.37. The molecule has 0 bridgehead atoms. The van der Waals surface area contributed by atoms with Gasteiger partial charge in [0.05, 0.1) is 27.7 Å². The van der Waals surface area contributed by atoms with E-state index in [1.165, 1.54) is 57.8 Å². The zero-order valence-electron chi connectivity index (χ0n) is 37.1. The molecule has 2 atom stereocenters. The molecule has 0 aromatic carbocycles. The third kappa shape index (κ3) is 43.1. The van der Waals surface area contributed by atoms with Crippen molar-refractivity contribution in [3.63, 3.8) is 0 Å². The topological polar surface area (TPSA) is 108 Å². The largest absolute Gasteiger partial charge is 0.472 e. The van der Waals surface area contributed by atoms with Gasteiger partial charge in [0.15, 0.2) is 6.10 Å². The van der Waals surface area contributed by atoms with Gasteiger partial charge in [-0.1, -0.05) is 164 Å². The number of ether oxygens (including phenoxy) is 2. The van der Waals surface area contributed by atoms with Crippen molar-refractivity contribution in [2.75, 3.05) is 47.5 Å². The molecule has 57 heavy (non-hydrogen) atoms. The van der Waals surface area contributed by atoms with Crippen LogP contribution in [0, 0.1) is 0 Å². The number of rotatable bonds is 40. The maximum absolute atomic E-state index is 12.7. The summed E-state index contributed by atoms with van der Waals surface area (Å²) >= 11 is 0. The van der Waals surface area contributed by atoms with Crippen LogP contribution in [0.15, 0.2) is 60.8 Å². The molecule has 0 aromatic heterocycles. The number of carbonyl (C=O) groups excluding carboxylic acids is 2. The summed E-state index contributed by atoms with van der Waals surface area (Å²) in [6.45, 7) is 4.27. The normalized spacial score (nSPS) is 14.1. The molecule has 10 heteroatoms. The standard InChI is InChI=1S/C47H84NO8P/c1-6-8-10-12-14-16-18-20-21-22-23-24-25-26-27-28-30-32-34-36-38-40-47(50)56-45(44-55-57(51,52)54-42-41-48(3,4)5)43-53-46(49)39-37-35-33-31-29-19-17-15-13-11-9-7-2/h8,10,14,16,20-21,23-24,26-27,45H,6-7,9,11-13,15,17-19,22,25,28-44H2,1-5H3/p+1/b10-8-,16-14-,21-20-,24-23-,27-26-. The van der Waals surface area contributed by atoms with Crippen LogP contribution in [0.2, 0.25) is 0 Å². The summed E-state index contributed by atoms with van der Waals surface area (Å²) in [5, 5.41) is 0. The predicted octanol–water partition coefficient (Wildman–Crippen LogP) is 12.9. The van der Waals surface area contributed by atoms with E-state index in [0.29, 0.717) is 17.4 Å². The van der Waals surface area contributed by atoms with Crippen LogP contribution in [0.4, 0.5) is 0 Å². The molecule has 0 saturated heterocycles. The Morgan fingerprint density at radius 2 is 1.00 bits per heavy atom. The van der Waals surface area contributed by atoms with Crippen molar-refractivity contribution in [1.82, 2.24) is 0 Å². The van der Waals surface area contributed by atoms with Crippen LogP contribution in [0.5, 0.6) is 0 Å². The van der Waals surface area contributed by atoms with Gasteiger partial charge in [-0.05, 0) is 57.8 Å². The lowest BCUT2D eigenvalue weighted by Crippen LogP contribution is -2.37. The number of carbonyl (C=O) groups is 2. The molecular weight excluding hydrogens is 737 g/mol. The highest BCUT2D eigenvalue weighted by Crippen LogP contribution is 2.43. The summed E-state index contributed by atoms with van der Waals surface area (Å²) < 4.78 is 34.3. The maximum atomic E-state index is 12.7. The molecule has 0 saturated carbocycles. The van der Waals surface area contributed by atoms with E-state index in [-0.39, 0.29) is 32.0 Å². The highest BCUT2D eigenvalue weighted by molar-refractivity contribution is 7.47. The smallest absolute Gasteiger partial charge is 0.462 e. The van der Waals surface area contributed by atoms with Crippen LogP contribution in [0.3, 0.4) is 0 Å². The molecule has 0 spiro atoms. The fourth-order valence-corrected chi connectivity index (χ4v) is 6.55. The SMILES string of the molecule is CC/C=C\C/C=C\C/C=C\C/C=C\C/C=C\CCCCCCCC(=O)OC(COC(=O)CCCCCCCCCCCCCC)COP(=O)(O)OCC[N+](C)(C)C. The lowest BCUT2D eigenvalue weighted by molar-refractivity contribution is -0.870. The van der Waals surface area contributed by atoms with E-state index in [0.717, 1.165) is 83.5 Å². The van der Waals surface area contributed by atoms with E-state index in [2.05, 4.69) is 74.6 Å². The van der Waals surface area contributed by atoms with Crippen LogP contribution >= 0.6 is 7.82 Å². The van der Waals surface area contributed by atoms with Gasteiger partial charge in [0.1, 0.15) is 19.8 Å². The lowest BCUT2D eigenvalue weighted by Gasteiger charge is -2.24. The van der Waals surface area contributed by atoms with Crippen molar-refractivity contribution >= 4 is 19.8 Å². The van der Waals surface area contributed by atoms with E-state index < -0.39 is 26.5 Å². The molecule has 0 amide bonds. The Kier molecular flexibility index (Phi) is 37.6. The van der Waals surface area contributed by atoms with Gasteiger partial charge in [-0.15, -0.1) is 0 Å². The Morgan fingerprint density at radius 3 is 1.49 bits per heavy atom. The molecule has 0 aromatic rings. The molecule has 0 radical (unpaired) electrons. The van der Waals surface area contributed by atoms with Gasteiger partial charge < -0.3 is 18.9 Å². The van der Waals surface area contributed by atoms with Gasteiger partial charge in [0.25, 0.3) is 0 Å². The summed E-state index contributed by atoms with van der Waals surface area (Å²) in [6, 6.07) is 0. The zero-order chi connectivity index (χ0) is 42.1. The minimum absolute atomic E-state index is 0.0259. The fraction of sp³-hybridized carbons (Fsp3) is 0.745. The molecule has 0 aliphatic carbocycles. The molecule has 330 valence electrons. The summed E-state index contributed by atoms with van der Waals surface area (Å²) in [5.74, 6) is -0.822. The van der Waals surface area contributed by atoms with E-state index >= 15 is 0 Å². The van der Waals surface area contributed by atoms with Crippen LogP contribution in [-0.4, -0.2) is 74.9 Å². The summed E-state index contributed by atoms with van der Waals surface area (Å²) in [6.07, 6.45) is 46.9. The summed E-state index contributed by atoms with van der Waals surface area (Å²) in [5.41, 5.74) is 0. The van der Waals surface area contributed by atoms with Crippen molar-refractivity contribution in [2.24, 2.45) is 0 Å². The monoisotopic (exact) mass is 823 g/mol. The minimum atomic E-state index is -4.38. The second-order valence-corrected chi connectivity index (χ2v) is 17.5.